The number of fused-ring (bicyclic) bond motifs is 1. The van der Waals surface area contributed by atoms with Gasteiger partial charge in [-0.3, -0.25) is 4.90 Å². The Morgan fingerprint density at radius 2 is 2.08 bits per heavy atom. The number of nitrogens with one attached hydrogen (secondary N) is 1. The lowest BCUT2D eigenvalue weighted by molar-refractivity contribution is 0.250. The highest BCUT2D eigenvalue weighted by Crippen LogP contribution is 2.23. The second-order valence-electron chi connectivity index (χ2n) is 6.08. The first-order valence-electron chi connectivity index (χ1n) is 8.10. The second-order valence-corrected chi connectivity index (χ2v) is 6.08. The number of rotatable bonds is 7. The van der Waals surface area contributed by atoms with Crippen molar-refractivity contribution in [2.45, 2.75) is 12.6 Å². The molecule has 132 valence electrons. The summed E-state index contributed by atoms with van der Waals surface area (Å²) in [6, 6.07) is 11.0. The first-order valence-corrected chi connectivity index (χ1v) is 8.10. The molecular weight excluding hydrogens is 320 g/mol. The van der Waals surface area contributed by atoms with E-state index in [0.29, 0.717) is 24.4 Å². The minimum absolute atomic E-state index is 0.112. The number of likely N-dealkylation sites (N-methyl/N-ethyl adjacent to an activating group) is 1. The zero-order valence-corrected chi connectivity index (χ0v) is 14.6. The van der Waals surface area contributed by atoms with Crippen molar-refractivity contribution in [2.75, 3.05) is 27.7 Å². The van der Waals surface area contributed by atoms with E-state index in [1.807, 2.05) is 38.4 Å². The smallest absolute Gasteiger partial charge is 0.336 e. The molecule has 2 aromatic heterocycles. The Bertz CT molecular complexity index is 884. The van der Waals surface area contributed by atoms with Gasteiger partial charge in [0.15, 0.2) is 0 Å². The summed E-state index contributed by atoms with van der Waals surface area (Å²) in [7, 11) is 5.60. The maximum Gasteiger partial charge on any atom is 0.336 e. The van der Waals surface area contributed by atoms with Gasteiger partial charge in [-0.25, -0.2) is 4.79 Å². The number of furan rings is 1. The summed E-state index contributed by atoms with van der Waals surface area (Å²) in [6.45, 7) is 1.25. The Balaban J connectivity index is 1.77. The molecule has 1 atom stereocenters. The number of hydrogen-bond acceptors (Lipinski definition) is 6. The predicted octanol–water partition coefficient (Wildman–Crippen LogP) is 2.79. The minimum atomic E-state index is -0.368. The van der Waals surface area contributed by atoms with E-state index >= 15 is 0 Å². The highest BCUT2D eigenvalue weighted by molar-refractivity contribution is 5.81. The normalized spacial score (nSPS) is 12.6. The molecule has 0 aliphatic rings. The topological polar surface area (TPSA) is 67.8 Å². The maximum atomic E-state index is 11.8. The summed E-state index contributed by atoms with van der Waals surface area (Å²) < 4.78 is 16.0. The molecule has 0 spiro atoms. The molecule has 3 aromatic rings. The fraction of sp³-hybridized carbons (Fsp3) is 0.316. The fourth-order valence-electron chi connectivity index (χ4n) is 2.85. The highest BCUT2D eigenvalue weighted by Gasteiger charge is 2.16. The van der Waals surface area contributed by atoms with Gasteiger partial charge in [-0.1, -0.05) is 0 Å². The predicted molar refractivity (Wildman–Crippen MR) is 95.9 cm³/mol. The molecule has 0 radical (unpaired) electrons. The standard InChI is InChI=1S/C19H22N2O4/c1-21(2)16(17-5-4-8-24-17)12-20-11-13-9-19(22)25-18-10-14(23-3)6-7-15(13)18/h4-10,16,20H,11-12H2,1-3H3/t16-/m0/s1. The van der Waals surface area contributed by atoms with Crippen LogP contribution in [0.4, 0.5) is 0 Å². The van der Waals surface area contributed by atoms with E-state index in [1.165, 1.54) is 6.07 Å². The van der Waals surface area contributed by atoms with Gasteiger partial charge in [0.05, 0.1) is 19.4 Å². The summed E-state index contributed by atoms with van der Waals surface area (Å²) in [4.78, 5) is 13.9. The van der Waals surface area contributed by atoms with Gasteiger partial charge in [0.25, 0.3) is 0 Å². The Hall–Kier alpha value is -2.57. The molecule has 0 saturated heterocycles. The number of nitrogens with zero attached hydrogens (tertiary/aromatic N) is 1. The summed E-state index contributed by atoms with van der Waals surface area (Å²) in [5.41, 5.74) is 1.05. The van der Waals surface area contributed by atoms with Crippen LogP contribution in [0.2, 0.25) is 0 Å². The van der Waals surface area contributed by atoms with Crippen LogP contribution in [0.15, 0.2) is 56.3 Å². The lowest BCUT2D eigenvalue weighted by atomic mass is 10.1. The molecule has 3 rings (SSSR count). The van der Waals surface area contributed by atoms with E-state index in [1.54, 1.807) is 19.4 Å². The summed E-state index contributed by atoms with van der Waals surface area (Å²) in [5.74, 6) is 1.56. The molecule has 0 aliphatic carbocycles. The van der Waals surface area contributed by atoms with E-state index in [4.69, 9.17) is 13.6 Å². The number of benzene rings is 1. The molecule has 0 aliphatic heterocycles. The Morgan fingerprint density at radius 3 is 2.76 bits per heavy atom. The minimum Gasteiger partial charge on any atom is -0.497 e. The first-order chi connectivity index (χ1) is 12.1. The van der Waals surface area contributed by atoms with Gasteiger partial charge < -0.3 is 18.9 Å². The van der Waals surface area contributed by atoms with Crippen molar-refractivity contribution in [3.8, 4) is 5.75 Å². The molecule has 2 heterocycles. The molecule has 0 unspecified atom stereocenters. The molecular formula is C19H22N2O4. The number of hydrogen-bond donors (Lipinski definition) is 1. The zero-order valence-electron chi connectivity index (χ0n) is 14.6. The number of methoxy groups -OCH3 is 1. The van der Waals surface area contributed by atoms with E-state index in [2.05, 4.69) is 10.2 Å². The largest absolute Gasteiger partial charge is 0.497 e. The zero-order chi connectivity index (χ0) is 17.8. The lowest BCUT2D eigenvalue weighted by Crippen LogP contribution is -2.30. The van der Waals surface area contributed by atoms with E-state index < -0.39 is 0 Å². The van der Waals surface area contributed by atoms with Crippen LogP contribution in [0.3, 0.4) is 0 Å². The Labute approximate surface area is 146 Å². The van der Waals surface area contributed by atoms with Gasteiger partial charge in [0.1, 0.15) is 17.1 Å². The maximum absolute atomic E-state index is 11.8. The van der Waals surface area contributed by atoms with Gasteiger partial charge >= 0.3 is 5.63 Å². The third kappa shape index (κ3) is 3.92. The summed E-state index contributed by atoms with van der Waals surface area (Å²) in [6.07, 6.45) is 1.68. The van der Waals surface area contributed by atoms with E-state index in [9.17, 15) is 4.79 Å². The van der Waals surface area contributed by atoms with Crippen molar-refractivity contribution < 1.29 is 13.6 Å². The van der Waals surface area contributed by atoms with Gasteiger partial charge in [-0.2, -0.15) is 0 Å². The Kier molecular flexibility index (Phi) is 5.21. The molecule has 6 heteroatoms. The SMILES string of the molecule is COc1ccc2c(CNC[C@@H](c3ccco3)N(C)C)cc(=O)oc2c1. The van der Waals surface area contributed by atoms with Crippen LogP contribution in [0, 0.1) is 0 Å². The van der Waals surface area contributed by atoms with Crippen molar-refractivity contribution >= 4 is 11.0 Å². The molecule has 0 amide bonds. The van der Waals surface area contributed by atoms with E-state index in [0.717, 1.165) is 16.7 Å². The second kappa shape index (κ2) is 7.55. The van der Waals surface area contributed by atoms with Crippen molar-refractivity contribution in [3.63, 3.8) is 0 Å². The lowest BCUT2D eigenvalue weighted by Gasteiger charge is -2.22. The quantitative estimate of drug-likeness (QED) is 0.666. The van der Waals surface area contributed by atoms with Crippen molar-refractivity contribution in [1.82, 2.24) is 10.2 Å². The molecule has 0 fully saturated rings. The van der Waals surface area contributed by atoms with Crippen LogP contribution in [-0.4, -0.2) is 32.6 Å². The van der Waals surface area contributed by atoms with Gasteiger partial charge in [0.2, 0.25) is 0 Å². The average Bonchev–Trinajstić information content (AvgIpc) is 3.11. The van der Waals surface area contributed by atoms with Gasteiger partial charge in [-0.15, -0.1) is 0 Å². The van der Waals surface area contributed by atoms with E-state index in [-0.39, 0.29) is 11.7 Å². The molecule has 25 heavy (non-hydrogen) atoms. The molecule has 1 aromatic carbocycles. The van der Waals surface area contributed by atoms with Crippen molar-refractivity contribution in [1.29, 1.82) is 0 Å². The van der Waals surface area contributed by atoms with Gasteiger partial charge in [0, 0.05) is 30.6 Å². The van der Waals surface area contributed by atoms with Crippen LogP contribution < -0.4 is 15.7 Å². The third-order valence-corrected chi connectivity index (χ3v) is 4.19. The number of ether oxygens (including phenoxy) is 1. The first kappa shape index (κ1) is 17.3. The van der Waals surface area contributed by atoms with Gasteiger partial charge in [-0.05, 0) is 43.9 Å². The van der Waals surface area contributed by atoms with Crippen LogP contribution in [0.1, 0.15) is 17.4 Å². The van der Waals surface area contributed by atoms with Crippen molar-refractivity contribution in [2.24, 2.45) is 0 Å². The summed E-state index contributed by atoms with van der Waals surface area (Å²) in [5, 5.41) is 4.30. The summed E-state index contributed by atoms with van der Waals surface area (Å²) >= 11 is 0. The third-order valence-electron chi connectivity index (χ3n) is 4.19. The highest BCUT2D eigenvalue weighted by atomic mass is 16.5. The van der Waals surface area contributed by atoms with Crippen LogP contribution in [0.5, 0.6) is 5.75 Å². The van der Waals surface area contributed by atoms with Crippen LogP contribution in [0.25, 0.3) is 11.0 Å². The fourth-order valence-corrected chi connectivity index (χ4v) is 2.85. The average molecular weight is 342 g/mol. The van der Waals surface area contributed by atoms with Crippen molar-refractivity contribution in [3.05, 3.63) is 64.4 Å². The Morgan fingerprint density at radius 1 is 1.24 bits per heavy atom. The van der Waals surface area contributed by atoms with Crippen LogP contribution in [-0.2, 0) is 6.54 Å². The molecule has 0 bridgehead atoms. The van der Waals surface area contributed by atoms with Crippen LogP contribution >= 0.6 is 0 Å². The molecule has 6 nitrogen and oxygen atoms in total. The molecule has 0 saturated carbocycles. The monoisotopic (exact) mass is 342 g/mol. The molecule has 1 N–H and O–H groups in total.